The summed E-state index contributed by atoms with van der Waals surface area (Å²) in [5.41, 5.74) is 0. The first kappa shape index (κ1) is 17.2. The predicted octanol–water partition coefficient (Wildman–Crippen LogP) is 2.47. The quantitative estimate of drug-likeness (QED) is 0.744. The Bertz CT molecular complexity index is 254. The minimum atomic E-state index is -4.36. The zero-order valence-electron chi connectivity index (χ0n) is 11.4. The van der Waals surface area contributed by atoms with Crippen LogP contribution in [0.25, 0.3) is 0 Å². The molecule has 0 bridgehead atoms. The van der Waals surface area contributed by atoms with E-state index in [0.717, 1.165) is 12.8 Å². The summed E-state index contributed by atoms with van der Waals surface area (Å²) in [4.78, 5) is 11.4. The van der Waals surface area contributed by atoms with E-state index in [4.69, 9.17) is 0 Å². The molecule has 1 amide bonds. The van der Waals surface area contributed by atoms with Gasteiger partial charge in [0.05, 0.1) is 6.04 Å². The summed E-state index contributed by atoms with van der Waals surface area (Å²) in [5.74, 6) is -0.0488. The van der Waals surface area contributed by atoms with Gasteiger partial charge in [0.25, 0.3) is 0 Å². The van der Waals surface area contributed by atoms with E-state index < -0.39 is 24.7 Å². The number of carbonyl (C=O) groups excluding carboxylic acids is 1. The number of hydrogen-bond donors (Lipinski definition) is 2. The molecule has 0 aromatic carbocycles. The second-order valence-electron chi connectivity index (χ2n) is 5.09. The van der Waals surface area contributed by atoms with Gasteiger partial charge in [0.1, 0.15) is 6.54 Å². The first-order valence-corrected chi connectivity index (χ1v) is 6.22. The van der Waals surface area contributed by atoms with Crippen molar-refractivity contribution in [1.82, 2.24) is 10.6 Å². The summed E-state index contributed by atoms with van der Waals surface area (Å²) in [6.07, 6.45) is -2.45. The molecule has 0 heterocycles. The number of rotatable bonds is 7. The molecule has 108 valence electrons. The largest absolute Gasteiger partial charge is 0.405 e. The molecule has 0 spiro atoms. The fourth-order valence-electron chi connectivity index (χ4n) is 1.51. The van der Waals surface area contributed by atoms with Gasteiger partial charge in [-0.1, -0.05) is 13.8 Å². The smallest absolute Gasteiger partial charge is 0.346 e. The minimum Gasteiger partial charge on any atom is -0.346 e. The maximum absolute atomic E-state index is 11.9. The van der Waals surface area contributed by atoms with Crippen LogP contribution in [0.3, 0.4) is 0 Å². The molecule has 0 aliphatic carbocycles. The molecule has 0 saturated carbocycles. The molecule has 3 nitrogen and oxygen atoms in total. The van der Waals surface area contributed by atoms with Crippen molar-refractivity contribution in [2.45, 2.75) is 58.8 Å². The van der Waals surface area contributed by atoms with Crippen LogP contribution < -0.4 is 10.6 Å². The predicted molar refractivity (Wildman–Crippen MR) is 65.2 cm³/mol. The zero-order chi connectivity index (χ0) is 14.3. The molecule has 18 heavy (non-hydrogen) atoms. The van der Waals surface area contributed by atoms with Crippen LogP contribution in [0.5, 0.6) is 0 Å². The van der Waals surface area contributed by atoms with Crippen LogP contribution in [-0.2, 0) is 4.79 Å². The molecule has 2 atom stereocenters. The van der Waals surface area contributed by atoms with Gasteiger partial charge in [-0.25, -0.2) is 0 Å². The first-order chi connectivity index (χ1) is 8.11. The van der Waals surface area contributed by atoms with E-state index >= 15 is 0 Å². The zero-order valence-corrected chi connectivity index (χ0v) is 11.4. The Labute approximate surface area is 107 Å². The Hall–Kier alpha value is -0.780. The van der Waals surface area contributed by atoms with Crippen molar-refractivity contribution >= 4 is 5.91 Å². The van der Waals surface area contributed by atoms with Gasteiger partial charge < -0.3 is 10.6 Å². The average molecular weight is 268 g/mol. The van der Waals surface area contributed by atoms with Gasteiger partial charge in [-0.15, -0.1) is 0 Å². The van der Waals surface area contributed by atoms with Crippen LogP contribution in [-0.4, -0.2) is 30.7 Å². The van der Waals surface area contributed by atoms with Crippen LogP contribution in [0, 0.1) is 5.92 Å². The molecule has 2 unspecified atom stereocenters. The maximum atomic E-state index is 11.9. The molecule has 6 heteroatoms. The molecule has 2 N–H and O–H groups in total. The molecular formula is C12H23F3N2O. The Kier molecular flexibility index (Phi) is 7.28. The highest BCUT2D eigenvalue weighted by molar-refractivity contribution is 5.81. The number of carbonyl (C=O) groups is 1. The number of hydrogen-bond acceptors (Lipinski definition) is 2. The third kappa shape index (κ3) is 9.27. The Morgan fingerprint density at radius 2 is 1.67 bits per heavy atom. The lowest BCUT2D eigenvalue weighted by Crippen LogP contribution is -2.47. The second kappa shape index (κ2) is 7.61. The molecule has 0 fully saturated rings. The molecule has 0 aromatic rings. The van der Waals surface area contributed by atoms with Gasteiger partial charge in [0, 0.05) is 6.04 Å². The van der Waals surface area contributed by atoms with Crippen molar-refractivity contribution in [3.05, 3.63) is 0 Å². The van der Waals surface area contributed by atoms with Crippen LogP contribution >= 0.6 is 0 Å². The molecule has 0 aromatic heterocycles. The molecule has 0 saturated heterocycles. The molecule has 0 aliphatic rings. The van der Waals surface area contributed by atoms with Crippen molar-refractivity contribution in [2.24, 2.45) is 5.92 Å². The summed E-state index contributed by atoms with van der Waals surface area (Å²) in [6, 6.07) is -0.506. The highest BCUT2D eigenvalue weighted by Crippen LogP contribution is 2.12. The van der Waals surface area contributed by atoms with Crippen molar-refractivity contribution < 1.29 is 18.0 Å². The third-order valence-electron chi connectivity index (χ3n) is 2.57. The third-order valence-corrected chi connectivity index (χ3v) is 2.57. The van der Waals surface area contributed by atoms with E-state index in [1.165, 1.54) is 0 Å². The van der Waals surface area contributed by atoms with Crippen LogP contribution in [0.15, 0.2) is 0 Å². The van der Waals surface area contributed by atoms with E-state index in [9.17, 15) is 18.0 Å². The minimum absolute atomic E-state index is 0.110. The monoisotopic (exact) mass is 268 g/mol. The maximum Gasteiger partial charge on any atom is 0.405 e. The lowest BCUT2D eigenvalue weighted by atomic mass is 10.0. The number of amides is 1. The summed E-state index contributed by atoms with van der Waals surface area (Å²) in [7, 11) is 0. The molecular weight excluding hydrogens is 245 g/mol. The first-order valence-electron chi connectivity index (χ1n) is 6.22. The average Bonchev–Trinajstić information content (AvgIpc) is 2.21. The second-order valence-corrected chi connectivity index (χ2v) is 5.09. The SMILES string of the molecule is CC(C)CCC(C)NC(C)C(=O)NCC(F)(F)F. The normalized spacial score (nSPS) is 15.6. The number of nitrogens with one attached hydrogen (secondary N) is 2. The number of alkyl halides is 3. The highest BCUT2D eigenvalue weighted by Gasteiger charge is 2.28. The van der Waals surface area contributed by atoms with Crippen molar-refractivity contribution in [1.29, 1.82) is 0 Å². The fraction of sp³-hybridized carbons (Fsp3) is 0.917. The van der Waals surface area contributed by atoms with Crippen LogP contribution in [0.4, 0.5) is 13.2 Å². The standard InChI is InChI=1S/C12H23F3N2O/c1-8(2)5-6-9(3)17-10(4)11(18)16-7-12(13,14)15/h8-10,17H,5-7H2,1-4H3,(H,16,18). The Morgan fingerprint density at radius 3 is 2.11 bits per heavy atom. The summed E-state index contributed by atoms with van der Waals surface area (Å²) in [6.45, 7) is 6.42. The van der Waals surface area contributed by atoms with E-state index in [2.05, 4.69) is 19.2 Å². The van der Waals surface area contributed by atoms with Gasteiger partial charge >= 0.3 is 6.18 Å². The van der Waals surface area contributed by atoms with Crippen LogP contribution in [0.1, 0.15) is 40.5 Å². The summed E-state index contributed by atoms with van der Waals surface area (Å²) < 4.78 is 35.7. The topological polar surface area (TPSA) is 41.1 Å². The Balaban J connectivity index is 3.93. The highest BCUT2D eigenvalue weighted by atomic mass is 19.4. The lowest BCUT2D eigenvalue weighted by molar-refractivity contribution is -0.139. The molecule has 0 rings (SSSR count). The van der Waals surface area contributed by atoms with Gasteiger partial charge in [-0.3, -0.25) is 4.79 Å². The summed E-state index contributed by atoms with van der Waals surface area (Å²) >= 11 is 0. The molecule has 0 radical (unpaired) electrons. The van der Waals surface area contributed by atoms with Crippen molar-refractivity contribution in [3.63, 3.8) is 0 Å². The van der Waals surface area contributed by atoms with Crippen molar-refractivity contribution in [3.8, 4) is 0 Å². The van der Waals surface area contributed by atoms with Crippen molar-refractivity contribution in [2.75, 3.05) is 6.54 Å². The number of halogens is 3. The summed E-state index contributed by atoms with van der Waals surface area (Å²) in [5, 5.41) is 4.86. The van der Waals surface area contributed by atoms with E-state index in [1.54, 1.807) is 6.92 Å². The lowest BCUT2D eigenvalue weighted by Gasteiger charge is -2.20. The van der Waals surface area contributed by atoms with Gasteiger partial charge in [-0.2, -0.15) is 13.2 Å². The van der Waals surface area contributed by atoms with E-state index in [0.29, 0.717) is 5.92 Å². The molecule has 0 aliphatic heterocycles. The van der Waals surface area contributed by atoms with E-state index in [1.807, 2.05) is 12.2 Å². The Morgan fingerprint density at radius 1 is 1.11 bits per heavy atom. The fourth-order valence-corrected chi connectivity index (χ4v) is 1.51. The van der Waals surface area contributed by atoms with Gasteiger partial charge in [0.2, 0.25) is 5.91 Å². The van der Waals surface area contributed by atoms with E-state index in [-0.39, 0.29) is 6.04 Å². The van der Waals surface area contributed by atoms with Gasteiger partial charge in [0.15, 0.2) is 0 Å². The van der Waals surface area contributed by atoms with Crippen LogP contribution in [0.2, 0.25) is 0 Å². The van der Waals surface area contributed by atoms with Gasteiger partial charge in [-0.05, 0) is 32.6 Å².